The number of aromatic amines is 1. The monoisotopic (exact) mass is 283 g/mol. The number of anilines is 2. The Kier molecular flexibility index (Phi) is 3.43. The molecule has 100 valence electrons. The van der Waals surface area contributed by atoms with Gasteiger partial charge in [0.1, 0.15) is 0 Å². The Hall–Kier alpha value is -2.27. The zero-order chi connectivity index (χ0) is 13.9. The van der Waals surface area contributed by atoms with Gasteiger partial charge in [0.25, 0.3) is 5.56 Å². The second kappa shape index (κ2) is 5.38. The van der Waals surface area contributed by atoms with Gasteiger partial charge in [-0.05, 0) is 36.6 Å². The molecule has 0 radical (unpaired) electrons. The molecule has 2 N–H and O–H groups in total. The molecule has 0 bridgehead atoms. The summed E-state index contributed by atoms with van der Waals surface area (Å²) < 4.78 is 0. The molecule has 2 aromatic carbocycles. The zero-order valence-electron chi connectivity index (χ0n) is 10.9. The number of para-hydroxylation sites is 1. The molecule has 0 spiro atoms. The minimum absolute atomic E-state index is 0.140. The van der Waals surface area contributed by atoms with E-state index in [2.05, 4.69) is 15.3 Å². The lowest BCUT2D eigenvalue weighted by atomic mass is 10.2. The summed E-state index contributed by atoms with van der Waals surface area (Å²) in [6.07, 6.45) is 2.02. The smallest absolute Gasteiger partial charge is 0.260 e. The minimum atomic E-state index is -0.140. The van der Waals surface area contributed by atoms with Crippen molar-refractivity contribution in [3.8, 4) is 0 Å². The lowest BCUT2D eigenvalue weighted by Crippen LogP contribution is -2.11. The van der Waals surface area contributed by atoms with E-state index in [1.165, 1.54) is 0 Å². The van der Waals surface area contributed by atoms with Crippen molar-refractivity contribution in [2.45, 2.75) is 4.90 Å². The van der Waals surface area contributed by atoms with E-state index < -0.39 is 0 Å². The van der Waals surface area contributed by atoms with Gasteiger partial charge in [-0.1, -0.05) is 18.2 Å². The maximum atomic E-state index is 12.0. The van der Waals surface area contributed by atoms with Gasteiger partial charge in [-0.2, -0.15) is 0 Å². The molecule has 1 heterocycles. The molecule has 0 saturated carbocycles. The summed E-state index contributed by atoms with van der Waals surface area (Å²) in [4.78, 5) is 20.3. The van der Waals surface area contributed by atoms with Crippen LogP contribution in [0.1, 0.15) is 0 Å². The molecule has 0 atom stereocenters. The number of nitrogens with zero attached hydrogens (tertiary/aromatic N) is 1. The Balaban J connectivity index is 2.00. The van der Waals surface area contributed by atoms with Crippen LogP contribution in [-0.2, 0) is 0 Å². The SMILES string of the molecule is CSc1cccc(Nc2nc3ccccc3c(=O)[nH]2)c1. The van der Waals surface area contributed by atoms with E-state index in [9.17, 15) is 4.79 Å². The molecule has 4 nitrogen and oxygen atoms in total. The molecule has 3 aromatic rings. The number of nitrogens with one attached hydrogen (secondary N) is 2. The number of thioether (sulfide) groups is 1. The van der Waals surface area contributed by atoms with Crippen molar-refractivity contribution in [1.82, 2.24) is 9.97 Å². The molecule has 0 aliphatic rings. The molecule has 1 aromatic heterocycles. The molecular weight excluding hydrogens is 270 g/mol. The van der Waals surface area contributed by atoms with Gasteiger partial charge < -0.3 is 5.32 Å². The Morgan fingerprint density at radius 2 is 2.00 bits per heavy atom. The van der Waals surface area contributed by atoms with Crippen molar-refractivity contribution in [3.05, 3.63) is 58.9 Å². The maximum Gasteiger partial charge on any atom is 0.260 e. The molecule has 20 heavy (non-hydrogen) atoms. The number of aromatic nitrogens is 2. The molecule has 5 heteroatoms. The van der Waals surface area contributed by atoms with Gasteiger partial charge in [0, 0.05) is 10.6 Å². The summed E-state index contributed by atoms with van der Waals surface area (Å²) in [7, 11) is 0. The minimum Gasteiger partial charge on any atom is -0.326 e. The summed E-state index contributed by atoms with van der Waals surface area (Å²) in [5, 5.41) is 3.73. The van der Waals surface area contributed by atoms with Gasteiger partial charge in [0.15, 0.2) is 0 Å². The molecular formula is C15H13N3OS. The second-order valence-corrected chi connectivity index (χ2v) is 5.17. The number of fused-ring (bicyclic) bond motifs is 1. The van der Waals surface area contributed by atoms with Crippen molar-refractivity contribution in [1.29, 1.82) is 0 Å². The molecule has 0 aliphatic heterocycles. The van der Waals surface area contributed by atoms with Crippen molar-refractivity contribution >= 4 is 34.3 Å². The summed E-state index contributed by atoms with van der Waals surface area (Å²) in [5.74, 6) is 0.451. The lowest BCUT2D eigenvalue weighted by molar-refractivity contribution is 1.17. The average molecular weight is 283 g/mol. The van der Waals surface area contributed by atoms with Gasteiger partial charge in [-0.15, -0.1) is 11.8 Å². The topological polar surface area (TPSA) is 57.8 Å². The van der Waals surface area contributed by atoms with Gasteiger partial charge in [-0.3, -0.25) is 9.78 Å². The van der Waals surface area contributed by atoms with Crippen LogP contribution in [0.3, 0.4) is 0 Å². The Morgan fingerprint density at radius 3 is 2.85 bits per heavy atom. The zero-order valence-corrected chi connectivity index (χ0v) is 11.7. The highest BCUT2D eigenvalue weighted by molar-refractivity contribution is 7.98. The molecule has 3 rings (SSSR count). The predicted octanol–water partition coefficient (Wildman–Crippen LogP) is 3.39. The van der Waals surface area contributed by atoms with Gasteiger partial charge >= 0.3 is 0 Å². The Labute approximate surface area is 120 Å². The summed E-state index contributed by atoms with van der Waals surface area (Å²) in [5.41, 5.74) is 1.44. The number of hydrogen-bond acceptors (Lipinski definition) is 4. The van der Waals surface area contributed by atoms with Crippen LogP contribution in [0.5, 0.6) is 0 Å². The highest BCUT2D eigenvalue weighted by Gasteiger charge is 2.03. The molecule has 0 aliphatic carbocycles. The Morgan fingerprint density at radius 1 is 1.15 bits per heavy atom. The van der Waals surface area contributed by atoms with Crippen LogP contribution in [0.2, 0.25) is 0 Å². The number of benzene rings is 2. The van der Waals surface area contributed by atoms with Crippen molar-refractivity contribution in [2.75, 3.05) is 11.6 Å². The van der Waals surface area contributed by atoms with Crippen LogP contribution in [-0.4, -0.2) is 16.2 Å². The average Bonchev–Trinajstić information content (AvgIpc) is 2.47. The Bertz CT molecular complexity index is 813. The maximum absolute atomic E-state index is 12.0. The standard InChI is InChI=1S/C15H13N3OS/c1-20-11-6-4-5-10(9-11)16-15-17-13-8-3-2-7-12(13)14(19)18-15/h2-9H,1H3,(H2,16,17,18,19). The highest BCUT2D eigenvalue weighted by Crippen LogP contribution is 2.21. The van der Waals surface area contributed by atoms with E-state index >= 15 is 0 Å². The van der Waals surface area contributed by atoms with Crippen LogP contribution >= 0.6 is 11.8 Å². The fourth-order valence-corrected chi connectivity index (χ4v) is 2.44. The van der Waals surface area contributed by atoms with Crippen LogP contribution in [0.25, 0.3) is 10.9 Å². The largest absolute Gasteiger partial charge is 0.326 e. The number of hydrogen-bond donors (Lipinski definition) is 2. The van der Waals surface area contributed by atoms with Crippen LogP contribution in [0, 0.1) is 0 Å². The van der Waals surface area contributed by atoms with E-state index in [4.69, 9.17) is 0 Å². The first kappa shape index (κ1) is 12.7. The fourth-order valence-electron chi connectivity index (χ4n) is 1.98. The third-order valence-electron chi connectivity index (χ3n) is 2.95. The van der Waals surface area contributed by atoms with Gasteiger partial charge in [0.2, 0.25) is 5.95 Å². The van der Waals surface area contributed by atoms with Gasteiger partial charge in [-0.25, -0.2) is 4.98 Å². The second-order valence-electron chi connectivity index (χ2n) is 4.29. The number of rotatable bonds is 3. The van der Waals surface area contributed by atoms with Crippen LogP contribution < -0.4 is 10.9 Å². The third-order valence-corrected chi connectivity index (χ3v) is 3.67. The predicted molar refractivity (Wildman–Crippen MR) is 83.9 cm³/mol. The first-order valence-electron chi connectivity index (χ1n) is 6.16. The third kappa shape index (κ3) is 2.53. The summed E-state index contributed by atoms with van der Waals surface area (Å²) >= 11 is 1.67. The van der Waals surface area contributed by atoms with E-state index in [1.54, 1.807) is 17.8 Å². The van der Waals surface area contributed by atoms with E-state index in [1.807, 2.05) is 48.7 Å². The first-order valence-corrected chi connectivity index (χ1v) is 7.39. The normalized spacial score (nSPS) is 10.7. The first-order chi connectivity index (χ1) is 9.76. The summed E-state index contributed by atoms with van der Waals surface area (Å²) in [6.45, 7) is 0. The van der Waals surface area contributed by atoms with E-state index in [-0.39, 0.29) is 5.56 Å². The van der Waals surface area contributed by atoms with Crippen molar-refractivity contribution in [2.24, 2.45) is 0 Å². The fraction of sp³-hybridized carbons (Fsp3) is 0.0667. The van der Waals surface area contributed by atoms with E-state index in [0.717, 1.165) is 10.6 Å². The van der Waals surface area contributed by atoms with Gasteiger partial charge in [0.05, 0.1) is 10.9 Å². The molecule has 0 fully saturated rings. The number of H-pyrrole nitrogens is 1. The van der Waals surface area contributed by atoms with Crippen molar-refractivity contribution < 1.29 is 0 Å². The molecule has 0 unspecified atom stereocenters. The van der Waals surface area contributed by atoms with E-state index in [0.29, 0.717) is 16.9 Å². The highest BCUT2D eigenvalue weighted by atomic mass is 32.2. The molecule has 0 amide bonds. The molecule has 0 saturated heterocycles. The van der Waals surface area contributed by atoms with Crippen molar-refractivity contribution in [3.63, 3.8) is 0 Å². The lowest BCUT2D eigenvalue weighted by Gasteiger charge is -2.07. The quantitative estimate of drug-likeness (QED) is 0.723. The van der Waals surface area contributed by atoms with Crippen LogP contribution in [0.15, 0.2) is 58.2 Å². The summed E-state index contributed by atoms with van der Waals surface area (Å²) in [6, 6.07) is 15.2. The van der Waals surface area contributed by atoms with Crippen LogP contribution in [0.4, 0.5) is 11.6 Å².